The Morgan fingerprint density at radius 1 is 1.56 bits per heavy atom. The van der Waals surface area contributed by atoms with E-state index in [4.69, 9.17) is 9.84 Å². The van der Waals surface area contributed by atoms with Crippen LogP contribution in [0.3, 0.4) is 0 Å². The minimum absolute atomic E-state index is 0.0154. The maximum Gasteiger partial charge on any atom is 0.406 e. The highest BCUT2D eigenvalue weighted by atomic mass is 19.4. The van der Waals surface area contributed by atoms with Crippen molar-refractivity contribution in [2.24, 2.45) is 4.99 Å². The smallest absolute Gasteiger partial charge is 0.406 e. The Morgan fingerprint density at radius 2 is 2.19 bits per heavy atom. The Morgan fingerprint density at radius 3 is 2.62 bits per heavy atom. The lowest BCUT2D eigenvalue weighted by atomic mass is 10.3. The lowest BCUT2D eigenvalue weighted by molar-refractivity contribution is -0.137. The number of halogens is 3. The second-order valence-corrected chi connectivity index (χ2v) is 3.92. The van der Waals surface area contributed by atoms with Gasteiger partial charge < -0.3 is 14.7 Å². The molecule has 0 aromatic heterocycles. The van der Waals surface area contributed by atoms with E-state index in [1.165, 1.54) is 0 Å². The monoisotopic (exact) mass is 240 g/mol. The van der Waals surface area contributed by atoms with Crippen LogP contribution in [0.15, 0.2) is 4.99 Å². The Labute approximate surface area is 91.7 Å². The zero-order valence-electron chi connectivity index (χ0n) is 9.16. The van der Waals surface area contributed by atoms with Gasteiger partial charge in [-0.25, -0.2) is 4.99 Å². The molecule has 94 valence electrons. The quantitative estimate of drug-likeness (QED) is 0.800. The first kappa shape index (κ1) is 13.1. The van der Waals surface area contributed by atoms with Crippen LogP contribution < -0.4 is 0 Å². The molecule has 0 amide bonds. The summed E-state index contributed by atoms with van der Waals surface area (Å²) in [7, 11) is 0. The Kier molecular flexibility index (Phi) is 4.01. The summed E-state index contributed by atoms with van der Waals surface area (Å²) in [6, 6.07) is -0.186. The molecule has 1 N–H and O–H groups in total. The molecule has 0 radical (unpaired) electrons. The normalized spacial score (nSPS) is 24.3. The highest BCUT2D eigenvalue weighted by molar-refractivity contribution is 5.76. The van der Waals surface area contributed by atoms with Crippen molar-refractivity contribution in [1.82, 2.24) is 4.90 Å². The van der Waals surface area contributed by atoms with Crippen molar-refractivity contribution >= 4 is 6.02 Å². The molecule has 0 aromatic rings. The van der Waals surface area contributed by atoms with Gasteiger partial charge in [-0.3, -0.25) is 0 Å². The molecule has 1 saturated heterocycles. The highest BCUT2D eigenvalue weighted by Gasteiger charge is 2.38. The van der Waals surface area contributed by atoms with Gasteiger partial charge in [-0.15, -0.1) is 0 Å². The van der Waals surface area contributed by atoms with E-state index in [9.17, 15) is 13.2 Å². The third-order valence-corrected chi connectivity index (χ3v) is 1.91. The zero-order valence-corrected chi connectivity index (χ0v) is 9.16. The van der Waals surface area contributed by atoms with E-state index in [2.05, 4.69) is 4.99 Å². The number of aliphatic imine (C=N–C) groups is 1. The van der Waals surface area contributed by atoms with E-state index in [0.717, 1.165) is 4.90 Å². The van der Waals surface area contributed by atoms with Crippen LogP contribution in [0.1, 0.15) is 13.8 Å². The fraction of sp³-hybridized carbons (Fsp3) is 0.889. The number of rotatable bonds is 3. The van der Waals surface area contributed by atoms with Gasteiger partial charge in [-0.2, -0.15) is 13.2 Å². The molecule has 7 heteroatoms. The van der Waals surface area contributed by atoms with Gasteiger partial charge >= 0.3 is 6.18 Å². The topological polar surface area (TPSA) is 45.1 Å². The van der Waals surface area contributed by atoms with E-state index in [0.29, 0.717) is 0 Å². The minimum atomic E-state index is -4.30. The second-order valence-electron chi connectivity index (χ2n) is 3.92. The summed E-state index contributed by atoms with van der Waals surface area (Å²) in [5.41, 5.74) is 0. The molecule has 1 aliphatic rings. The molecule has 16 heavy (non-hydrogen) atoms. The van der Waals surface area contributed by atoms with Crippen molar-refractivity contribution in [2.75, 3.05) is 19.7 Å². The van der Waals surface area contributed by atoms with E-state index in [-0.39, 0.29) is 25.2 Å². The highest BCUT2D eigenvalue weighted by Crippen LogP contribution is 2.21. The average molecular weight is 240 g/mol. The Balaban J connectivity index is 2.72. The maximum absolute atomic E-state index is 12.2. The SMILES string of the molecule is CC(C)/N=C1\OC(CO)CN1CC(F)(F)F. The zero-order chi connectivity index (χ0) is 12.3. The molecular weight excluding hydrogens is 225 g/mol. The van der Waals surface area contributed by atoms with Gasteiger partial charge in [0.25, 0.3) is 6.02 Å². The number of aliphatic hydroxyl groups is 1. The van der Waals surface area contributed by atoms with Crippen molar-refractivity contribution in [3.63, 3.8) is 0 Å². The van der Waals surface area contributed by atoms with Crippen molar-refractivity contribution in [1.29, 1.82) is 0 Å². The molecule has 0 aromatic carbocycles. The predicted octanol–water partition coefficient (Wildman–Crippen LogP) is 1.01. The van der Waals surface area contributed by atoms with Gasteiger partial charge in [0.15, 0.2) is 0 Å². The number of hydrogen-bond acceptors (Lipinski definition) is 3. The third-order valence-electron chi connectivity index (χ3n) is 1.91. The molecule has 1 aliphatic heterocycles. The summed E-state index contributed by atoms with van der Waals surface area (Å²) in [6.45, 7) is 2.09. The van der Waals surface area contributed by atoms with Crippen LogP contribution in [0.4, 0.5) is 13.2 Å². The van der Waals surface area contributed by atoms with E-state index < -0.39 is 18.8 Å². The molecule has 1 unspecified atom stereocenters. The van der Waals surface area contributed by atoms with Crippen LogP contribution >= 0.6 is 0 Å². The molecule has 1 atom stereocenters. The van der Waals surface area contributed by atoms with Crippen LogP contribution in [0, 0.1) is 0 Å². The number of aliphatic hydroxyl groups excluding tert-OH is 1. The van der Waals surface area contributed by atoms with E-state index >= 15 is 0 Å². The van der Waals surface area contributed by atoms with E-state index in [1.54, 1.807) is 13.8 Å². The first-order valence-electron chi connectivity index (χ1n) is 4.99. The lowest BCUT2D eigenvalue weighted by Gasteiger charge is -2.18. The fourth-order valence-corrected chi connectivity index (χ4v) is 1.36. The summed E-state index contributed by atoms with van der Waals surface area (Å²) in [5.74, 6) is 0. The first-order valence-corrected chi connectivity index (χ1v) is 4.99. The molecule has 0 saturated carbocycles. The second kappa shape index (κ2) is 4.90. The number of alkyl halides is 3. The number of hydrogen-bond donors (Lipinski definition) is 1. The van der Waals surface area contributed by atoms with E-state index in [1.807, 2.05) is 0 Å². The fourth-order valence-electron chi connectivity index (χ4n) is 1.36. The van der Waals surface area contributed by atoms with Crippen LogP contribution in [0.2, 0.25) is 0 Å². The summed E-state index contributed by atoms with van der Waals surface area (Å²) in [6.07, 6.45) is -4.93. The summed E-state index contributed by atoms with van der Waals surface area (Å²) < 4.78 is 41.8. The van der Waals surface area contributed by atoms with Crippen molar-refractivity contribution in [2.45, 2.75) is 32.2 Å². The molecule has 0 bridgehead atoms. The van der Waals surface area contributed by atoms with Crippen LogP contribution in [0.25, 0.3) is 0 Å². The molecule has 1 heterocycles. The van der Waals surface area contributed by atoms with Crippen LogP contribution in [-0.2, 0) is 4.74 Å². The van der Waals surface area contributed by atoms with Crippen LogP contribution in [-0.4, -0.2) is 54.0 Å². The van der Waals surface area contributed by atoms with Gasteiger partial charge in [-0.1, -0.05) is 0 Å². The molecular formula is C9H15F3N2O2. The maximum atomic E-state index is 12.2. The summed E-state index contributed by atoms with van der Waals surface area (Å²) in [5, 5.41) is 8.85. The summed E-state index contributed by atoms with van der Waals surface area (Å²) >= 11 is 0. The van der Waals surface area contributed by atoms with Gasteiger partial charge in [0, 0.05) is 6.04 Å². The van der Waals surface area contributed by atoms with Crippen LogP contribution in [0.5, 0.6) is 0 Å². The Hall–Kier alpha value is -0.980. The predicted molar refractivity (Wildman–Crippen MR) is 52.2 cm³/mol. The van der Waals surface area contributed by atoms with Crippen molar-refractivity contribution < 1.29 is 23.0 Å². The number of ether oxygens (including phenoxy) is 1. The lowest BCUT2D eigenvalue weighted by Crippen LogP contribution is -2.36. The molecule has 0 aliphatic carbocycles. The standard InChI is InChI=1S/C9H15F3N2O2/c1-6(2)13-8-14(5-9(10,11)12)3-7(4-15)16-8/h6-7,15H,3-5H2,1-2H3/b13-8-. The van der Waals surface area contributed by atoms with Gasteiger partial charge in [0.1, 0.15) is 12.6 Å². The molecule has 1 fully saturated rings. The molecule has 4 nitrogen and oxygen atoms in total. The number of amidine groups is 1. The van der Waals surface area contributed by atoms with Crippen molar-refractivity contribution in [3.8, 4) is 0 Å². The average Bonchev–Trinajstić information content (AvgIpc) is 2.44. The Bertz CT molecular complexity index is 266. The summed E-state index contributed by atoms with van der Waals surface area (Å²) in [4.78, 5) is 4.95. The van der Waals surface area contributed by atoms with Crippen molar-refractivity contribution in [3.05, 3.63) is 0 Å². The first-order chi connectivity index (χ1) is 7.31. The number of nitrogens with zero attached hydrogens (tertiary/aromatic N) is 2. The largest absolute Gasteiger partial charge is 0.457 e. The molecule has 1 rings (SSSR count). The van der Waals surface area contributed by atoms with Gasteiger partial charge in [-0.05, 0) is 13.8 Å². The minimum Gasteiger partial charge on any atom is -0.457 e. The van der Waals surface area contributed by atoms with Gasteiger partial charge in [0.05, 0.1) is 13.2 Å². The molecule has 0 spiro atoms. The van der Waals surface area contributed by atoms with Gasteiger partial charge in [0.2, 0.25) is 0 Å². The third kappa shape index (κ3) is 3.88.